The summed E-state index contributed by atoms with van der Waals surface area (Å²) >= 11 is 0. The van der Waals surface area contributed by atoms with Crippen molar-refractivity contribution in [2.45, 2.75) is 19.8 Å². The van der Waals surface area contributed by atoms with E-state index in [2.05, 4.69) is 5.32 Å². The summed E-state index contributed by atoms with van der Waals surface area (Å²) in [5.74, 6) is -16.9. The van der Waals surface area contributed by atoms with Gasteiger partial charge < -0.3 is 24.3 Å². The molecule has 4 rings (SSSR count). The zero-order chi connectivity index (χ0) is 33.0. The molecule has 2 aliphatic heterocycles. The molecule has 0 bridgehead atoms. The number of ether oxygens (including phenoxy) is 4. The van der Waals surface area contributed by atoms with Crippen molar-refractivity contribution in [2.24, 2.45) is 0 Å². The minimum atomic E-state index is -2.42. The van der Waals surface area contributed by atoms with Gasteiger partial charge in [0.15, 0.2) is 23.3 Å². The van der Waals surface area contributed by atoms with Gasteiger partial charge in [-0.15, -0.1) is 0 Å². The van der Waals surface area contributed by atoms with E-state index in [1.54, 1.807) is 24.3 Å². The van der Waals surface area contributed by atoms with E-state index in [1.807, 2.05) is 0 Å². The number of methoxy groups -OCH3 is 1. The van der Waals surface area contributed by atoms with Gasteiger partial charge in [-0.3, -0.25) is 14.5 Å². The fourth-order valence-corrected chi connectivity index (χ4v) is 5.00. The number of allylic oxidation sites excluding steroid dienone is 1. The molecule has 1 N–H and O–H groups in total. The Hall–Kier alpha value is -4.63. The maximum Gasteiger partial charge on any atom is 0.336 e. The molecule has 45 heavy (non-hydrogen) atoms. The number of hydrogen-bond acceptors (Lipinski definition) is 9. The molecule has 2 aromatic carbocycles. The van der Waals surface area contributed by atoms with Crippen LogP contribution in [0.2, 0.25) is 0 Å². The fourth-order valence-electron chi connectivity index (χ4n) is 5.00. The summed E-state index contributed by atoms with van der Waals surface area (Å²) in [4.78, 5) is 51.8. The molecule has 240 valence electrons. The second-order valence-corrected chi connectivity index (χ2v) is 9.66. The first kappa shape index (κ1) is 33.3. The van der Waals surface area contributed by atoms with Gasteiger partial charge in [0.1, 0.15) is 0 Å². The van der Waals surface area contributed by atoms with E-state index in [0.29, 0.717) is 11.1 Å². The molecule has 0 saturated carbocycles. The summed E-state index contributed by atoms with van der Waals surface area (Å²) in [7, 11) is 0.930. The van der Waals surface area contributed by atoms with Crippen LogP contribution in [-0.2, 0) is 28.5 Å². The lowest BCUT2D eigenvalue weighted by molar-refractivity contribution is -0.139. The van der Waals surface area contributed by atoms with Gasteiger partial charge in [-0.25, -0.2) is 31.5 Å². The summed E-state index contributed by atoms with van der Waals surface area (Å²) in [6, 6.07) is 6.38. The maximum atomic E-state index is 15.1. The Balaban J connectivity index is 1.52. The third-order valence-corrected chi connectivity index (χ3v) is 7.03. The topological polar surface area (TPSA) is 120 Å². The molecule has 0 saturated heterocycles. The zero-order valence-corrected chi connectivity index (χ0v) is 24.2. The van der Waals surface area contributed by atoms with Gasteiger partial charge in [-0.1, -0.05) is 12.1 Å². The van der Waals surface area contributed by atoms with Crippen molar-refractivity contribution >= 4 is 23.8 Å². The standard InChI is InChI=1S/C30H27F5N2O8/c1-4-45-30(41)19-17(13-44-12-11-43-10-9-37-27(38)15-7-5-6-8-16(15)28(37)39)36-14(2)18(29(40)42-3)20(19)21-22(31)24(33)26(35)25(34)23(21)32/h5-8,20,36H,4,9-13H2,1-3H3/t20-/m1/s1. The number of nitrogens with one attached hydrogen (secondary N) is 1. The monoisotopic (exact) mass is 638 g/mol. The highest BCUT2D eigenvalue weighted by atomic mass is 19.2. The van der Waals surface area contributed by atoms with E-state index in [1.165, 1.54) is 13.8 Å². The number of hydrogen-bond donors (Lipinski definition) is 1. The molecule has 2 amide bonds. The molecule has 0 aromatic heterocycles. The average molecular weight is 639 g/mol. The Morgan fingerprint density at radius 3 is 1.93 bits per heavy atom. The predicted molar refractivity (Wildman–Crippen MR) is 144 cm³/mol. The number of rotatable bonds is 12. The Morgan fingerprint density at radius 2 is 1.38 bits per heavy atom. The minimum Gasteiger partial charge on any atom is -0.466 e. The summed E-state index contributed by atoms with van der Waals surface area (Å²) in [6.45, 7) is 1.71. The van der Waals surface area contributed by atoms with Crippen LogP contribution in [-0.4, -0.2) is 75.3 Å². The van der Waals surface area contributed by atoms with Gasteiger partial charge in [0.2, 0.25) is 5.82 Å². The number of esters is 2. The van der Waals surface area contributed by atoms with Crippen LogP contribution in [0.15, 0.2) is 46.8 Å². The number of carbonyl (C=O) groups is 4. The molecule has 2 aliphatic rings. The first-order valence-electron chi connectivity index (χ1n) is 13.5. The number of dihydropyridines is 1. The fraction of sp³-hybridized carbons (Fsp3) is 0.333. The molecule has 0 aliphatic carbocycles. The van der Waals surface area contributed by atoms with Crippen molar-refractivity contribution in [3.63, 3.8) is 0 Å². The molecule has 15 heteroatoms. The van der Waals surface area contributed by atoms with E-state index in [-0.39, 0.29) is 44.4 Å². The van der Waals surface area contributed by atoms with Crippen molar-refractivity contribution in [3.8, 4) is 0 Å². The molecule has 0 fully saturated rings. The second kappa shape index (κ2) is 14.0. The highest BCUT2D eigenvalue weighted by Gasteiger charge is 2.44. The van der Waals surface area contributed by atoms with Gasteiger partial charge in [0.25, 0.3) is 11.8 Å². The van der Waals surface area contributed by atoms with Crippen molar-refractivity contribution < 1.29 is 60.1 Å². The normalized spacial score (nSPS) is 16.3. The van der Waals surface area contributed by atoms with Crippen LogP contribution < -0.4 is 5.32 Å². The maximum absolute atomic E-state index is 15.1. The third kappa shape index (κ3) is 6.31. The quantitative estimate of drug-likeness (QED) is 0.0928. The smallest absolute Gasteiger partial charge is 0.336 e. The lowest BCUT2D eigenvalue weighted by Crippen LogP contribution is -2.36. The number of carbonyl (C=O) groups excluding carboxylic acids is 4. The molecule has 0 radical (unpaired) electrons. The molecule has 1 atom stereocenters. The van der Waals surface area contributed by atoms with Crippen molar-refractivity contribution in [1.82, 2.24) is 10.2 Å². The van der Waals surface area contributed by atoms with E-state index < -0.39 is 82.1 Å². The van der Waals surface area contributed by atoms with Crippen LogP contribution in [0, 0.1) is 29.1 Å². The molecule has 0 spiro atoms. The number of fused-ring (bicyclic) bond motifs is 1. The van der Waals surface area contributed by atoms with Crippen molar-refractivity contribution in [3.05, 3.63) is 92.6 Å². The lowest BCUT2D eigenvalue weighted by atomic mass is 9.79. The van der Waals surface area contributed by atoms with Gasteiger partial charge in [0, 0.05) is 11.3 Å². The number of halogens is 5. The molecule has 2 aromatic rings. The first-order chi connectivity index (χ1) is 21.5. The number of amides is 2. The van der Waals surface area contributed by atoms with Crippen LogP contribution in [0.3, 0.4) is 0 Å². The third-order valence-electron chi connectivity index (χ3n) is 7.03. The highest BCUT2D eigenvalue weighted by Crippen LogP contribution is 2.43. The van der Waals surface area contributed by atoms with Gasteiger partial charge >= 0.3 is 11.9 Å². The van der Waals surface area contributed by atoms with Crippen molar-refractivity contribution in [1.29, 1.82) is 0 Å². The molecule has 2 heterocycles. The SMILES string of the molecule is CCOC(=O)C1=C(COCCOCCN2C(=O)c3ccccc3C2=O)NC(C)=C(C(=O)OC)[C@H]1c1c(F)c(F)c(F)c(F)c1F. The van der Waals surface area contributed by atoms with Crippen LogP contribution in [0.1, 0.15) is 46.0 Å². The number of imide groups is 1. The van der Waals surface area contributed by atoms with E-state index in [9.17, 15) is 32.3 Å². The van der Waals surface area contributed by atoms with Gasteiger partial charge in [-0.2, -0.15) is 0 Å². The lowest BCUT2D eigenvalue weighted by Gasteiger charge is -2.31. The van der Waals surface area contributed by atoms with Crippen molar-refractivity contribution in [2.75, 3.05) is 46.7 Å². The Labute approximate surface area is 253 Å². The predicted octanol–water partition coefficient (Wildman–Crippen LogP) is 3.66. The van der Waals surface area contributed by atoms with E-state index in [0.717, 1.165) is 12.0 Å². The van der Waals surface area contributed by atoms with E-state index in [4.69, 9.17) is 18.9 Å². The molecule has 0 unspecified atom stereocenters. The van der Waals surface area contributed by atoms with Gasteiger partial charge in [0.05, 0.1) is 80.6 Å². The van der Waals surface area contributed by atoms with Crippen LogP contribution in [0.25, 0.3) is 0 Å². The summed E-state index contributed by atoms with van der Waals surface area (Å²) < 4.78 is 93.3. The summed E-state index contributed by atoms with van der Waals surface area (Å²) in [5.41, 5.74) is -2.40. The first-order valence-corrected chi connectivity index (χ1v) is 13.5. The van der Waals surface area contributed by atoms with Crippen LogP contribution in [0.4, 0.5) is 22.0 Å². The van der Waals surface area contributed by atoms with E-state index >= 15 is 8.78 Å². The minimum absolute atomic E-state index is 0.0312. The Kier molecular flexibility index (Phi) is 10.3. The molecular weight excluding hydrogens is 611 g/mol. The van der Waals surface area contributed by atoms with Gasteiger partial charge in [-0.05, 0) is 26.0 Å². The zero-order valence-electron chi connectivity index (χ0n) is 24.2. The second-order valence-electron chi connectivity index (χ2n) is 9.66. The van der Waals surface area contributed by atoms with Crippen LogP contribution in [0.5, 0.6) is 0 Å². The van der Waals surface area contributed by atoms with Crippen LogP contribution >= 0.6 is 0 Å². The summed E-state index contributed by atoms with van der Waals surface area (Å²) in [5, 5.41) is 2.71. The number of benzene rings is 2. The Morgan fingerprint density at radius 1 is 0.822 bits per heavy atom. The average Bonchev–Trinajstić information content (AvgIpc) is 3.27. The molecular formula is C30H27F5N2O8. The largest absolute Gasteiger partial charge is 0.466 e. The Bertz CT molecular complexity index is 1560. The summed E-state index contributed by atoms with van der Waals surface area (Å²) in [6.07, 6.45) is 0. The number of nitrogens with zero attached hydrogens (tertiary/aromatic N) is 1. The molecule has 10 nitrogen and oxygen atoms in total. The highest BCUT2D eigenvalue weighted by molar-refractivity contribution is 6.21.